The van der Waals surface area contributed by atoms with Crippen LogP contribution in [0.3, 0.4) is 0 Å². The van der Waals surface area contributed by atoms with E-state index in [1.807, 2.05) is 31.2 Å². The SMILES string of the molecule is Cc1ccc(-c2ncc(C(=O)Nc3ccc(F)cc3)c(N3CCCCC3C)n2)cc1. The van der Waals surface area contributed by atoms with Crippen molar-refractivity contribution in [3.8, 4) is 11.4 Å². The smallest absolute Gasteiger partial charge is 0.261 e. The molecule has 2 aromatic carbocycles. The number of nitrogens with zero attached hydrogens (tertiary/aromatic N) is 3. The summed E-state index contributed by atoms with van der Waals surface area (Å²) in [5.74, 6) is 0.597. The van der Waals surface area contributed by atoms with Gasteiger partial charge in [-0.2, -0.15) is 0 Å². The molecule has 1 unspecified atom stereocenters. The fraction of sp³-hybridized carbons (Fsp3) is 0.292. The van der Waals surface area contributed by atoms with Crippen molar-refractivity contribution in [3.05, 3.63) is 71.7 Å². The lowest BCUT2D eigenvalue weighted by Gasteiger charge is -2.35. The number of aromatic nitrogens is 2. The summed E-state index contributed by atoms with van der Waals surface area (Å²) >= 11 is 0. The number of piperidine rings is 1. The standard InChI is InChI=1S/C24H25FN4O/c1-16-6-8-18(9-7-16)22-26-15-21(23(28-22)29-14-4-3-5-17(29)2)24(30)27-20-12-10-19(25)11-13-20/h6-13,15,17H,3-5,14H2,1-2H3,(H,27,30). The van der Waals surface area contributed by atoms with Crippen molar-refractivity contribution < 1.29 is 9.18 Å². The molecule has 0 radical (unpaired) electrons. The van der Waals surface area contributed by atoms with Gasteiger partial charge in [0.15, 0.2) is 5.82 Å². The molecule has 4 rings (SSSR count). The van der Waals surface area contributed by atoms with E-state index in [1.54, 1.807) is 6.20 Å². The average Bonchev–Trinajstić information content (AvgIpc) is 2.76. The Balaban J connectivity index is 1.71. The number of aryl methyl sites for hydroxylation is 1. The van der Waals surface area contributed by atoms with Gasteiger partial charge in [-0.1, -0.05) is 29.8 Å². The van der Waals surface area contributed by atoms with Crippen LogP contribution in [0.2, 0.25) is 0 Å². The first-order valence-electron chi connectivity index (χ1n) is 10.3. The average molecular weight is 404 g/mol. The Hall–Kier alpha value is -3.28. The topological polar surface area (TPSA) is 58.1 Å². The van der Waals surface area contributed by atoms with Gasteiger partial charge < -0.3 is 10.2 Å². The second-order valence-electron chi connectivity index (χ2n) is 7.80. The molecule has 1 amide bonds. The summed E-state index contributed by atoms with van der Waals surface area (Å²) in [4.78, 5) is 24.5. The predicted octanol–water partition coefficient (Wildman–Crippen LogP) is 5.22. The quantitative estimate of drug-likeness (QED) is 0.648. The molecular formula is C24H25FN4O. The van der Waals surface area contributed by atoms with Crippen molar-refractivity contribution in [1.82, 2.24) is 9.97 Å². The molecule has 5 nitrogen and oxygen atoms in total. The van der Waals surface area contributed by atoms with E-state index < -0.39 is 0 Å². The fourth-order valence-electron chi connectivity index (χ4n) is 3.74. The number of hydrogen-bond acceptors (Lipinski definition) is 4. The Kier molecular flexibility index (Phi) is 5.74. The van der Waals surface area contributed by atoms with Gasteiger partial charge in [-0.15, -0.1) is 0 Å². The number of anilines is 2. The number of benzene rings is 2. The summed E-state index contributed by atoms with van der Waals surface area (Å²) in [6.07, 6.45) is 4.89. The molecule has 1 N–H and O–H groups in total. The Labute approximate surface area is 176 Å². The summed E-state index contributed by atoms with van der Waals surface area (Å²) in [6.45, 7) is 5.05. The summed E-state index contributed by atoms with van der Waals surface area (Å²) in [5.41, 5.74) is 3.03. The first-order chi connectivity index (χ1) is 14.5. The first kappa shape index (κ1) is 20.0. The zero-order valence-corrected chi connectivity index (χ0v) is 17.2. The Morgan fingerprint density at radius 1 is 1.10 bits per heavy atom. The first-order valence-corrected chi connectivity index (χ1v) is 10.3. The third-order valence-electron chi connectivity index (χ3n) is 5.50. The third-order valence-corrected chi connectivity index (χ3v) is 5.50. The van der Waals surface area contributed by atoms with E-state index in [-0.39, 0.29) is 17.8 Å². The van der Waals surface area contributed by atoms with Gasteiger partial charge in [0.05, 0.1) is 0 Å². The van der Waals surface area contributed by atoms with Crippen LogP contribution in [0.4, 0.5) is 15.9 Å². The number of rotatable bonds is 4. The summed E-state index contributed by atoms with van der Waals surface area (Å²) in [5, 5.41) is 2.83. The van der Waals surface area contributed by atoms with Crippen LogP contribution in [-0.2, 0) is 0 Å². The van der Waals surface area contributed by atoms with Gasteiger partial charge in [0.2, 0.25) is 0 Å². The second-order valence-corrected chi connectivity index (χ2v) is 7.80. The maximum absolute atomic E-state index is 13.2. The van der Waals surface area contributed by atoms with Crippen molar-refractivity contribution >= 4 is 17.4 Å². The van der Waals surface area contributed by atoms with Gasteiger partial charge in [0, 0.05) is 30.0 Å². The lowest BCUT2D eigenvalue weighted by Crippen LogP contribution is -2.39. The number of carbonyl (C=O) groups is 1. The molecule has 30 heavy (non-hydrogen) atoms. The fourth-order valence-corrected chi connectivity index (χ4v) is 3.74. The van der Waals surface area contributed by atoms with E-state index in [9.17, 15) is 9.18 Å². The Morgan fingerprint density at radius 3 is 2.53 bits per heavy atom. The summed E-state index contributed by atoms with van der Waals surface area (Å²) in [6, 6.07) is 14.0. The van der Waals surface area contributed by atoms with Crippen LogP contribution in [0.25, 0.3) is 11.4 Å². The minimum atomic E-state index is -0.346. The van der Waals surface area contributed by atoms with Crippen LogP contribution < -0.4 is 10.2 Å². The summed E-state index contributed by atoms with van der Waals surface area (Å²) < 4.78 is 13.2. The van der Waals surface area contributed by atoms with Crippen LogP contribution in [0.1, 0.15) is 42.1 Å². The molecule has 1 aliphatic heterocycles. The molecule has 1 saturated heterocycles. The largest absolute Gasteiger partial charge is 0.353 e. The minimum Gasteiger partial charge on any atom is -0.353 e. The van der Waals surface area contributed by atoms with Crippen molar-refractivity contribution in [3.63, 3.8) is 0 Å². The van der Waals surface area contributed by atoms with Crippen LogP contribution in [0.5, 0.6) is 0 Å². The highest BCUT2D eigenvalue weighted by Gasteiger charge is 2.26. The second kappa shape index (κ2) is 8.61. The van der Waals surface area contributed by atoms with Crippen molar-refractivity contribution in [2.45, 2.75) is 39.2 Å². The normalized spacial score (nSPS) is 16.4. The van der Waals surface area contributed by atoms with Gasteiger partial charge in [-0.05, 0) is 57.4 Å². The minimum absolute atomic E-state index is 0.289. The van der Waals surface area contributed by atoms with Gasteiger partial charge in [-0.25, -0.2) is 14.4 Å². The molecule has 0 aliphatic carbocycles. The van der Waals surface area contributed by atoms with E-state index in [4.69, 9.17) is 4.98 Å². The molecule has 1 atom stereocenters. The molecule has 6 heteroatoms. The zero-order chi connectivity index (χ0) is 21.1. The van der Waals surface area contributed by atoms with Crippen LogP contribution >= 0.6 is 0 Å². The van der Waals surface area contributed by atoms with Gasteiger partial charge in [0.1, 0.15) is 17.2 Å². The maximum atomic E-state index is 13.2. The van der Waals surface area contributed by atoms with Gasteiger partial charge in [0.25, 0.3) is 5.91 Å². The molecule has 2 heterocycles. The summed E-state index contributed by atoms with van der Waals surface area (Å²) in [7, 11) is 0. The van der Waals surface area contributed by atoms with Crippen molar-refractivity contribution in [2.24, 2.45) is 0 Å². The highest BCUT2D eigenvalue weighted by atomic mass is 19.1. The Morgan fingerprint density at radius 2 is 1.83 bits per heavy atom. The molecule has 0 bridgehead atoms. The van der Waals surface area contributed by atoms with E-state index in [0.717, 1.165) is 24.9 Å². The van der Waals surface area contributed by atoms with E-state index in [0.29, 0.717) is 22.9 Å². The molecule has 3 aromatic rings. The third kappa shape index (κ3) is 4.32. The van der Waals surface area contributed by atoms with Gasteiger partial charge >= 0.3 is 0 Å². The van der Waals surface area contributed by atoms with Gasteiger partial charge in [-0.3, -0.25) is 4.79 Å². The van der Waals surface area contributed by atoms with E-state index in [2.05, 4.69) is 22.1 Å². The molecule has 1 aliphatic rings. The number of carbonyl (C=O) groups excluding carboxylic acids is 1. The molecule has 1 aromatic heterocycles. The highest BCUT2D eigenvalue weighted by Crippen LogP contribution is 2.29. The van der Waals surface area contributed by atoms with E-state index in [1.165, 1.54) is 36.2 Å². The predicted molar refractivity (Wildman–Crippen MR) is 117 cm³/mol. The monoisotopic (exact) mass is 404 g/mol. The zero-order valence-electron chi connectivity index (χ0n) is 17.2. The maximum Gasteiger partial charge on any atom is 0.261 e. The number of halogens is 1. The van der Waals surface area contributed by atoms with Crippen molar-refractivity contribution in [1.29, 1.82) is 0 Å². The van der Waals surface area contributed by atoms with Crippen molar-refractivity contribution in [2.75, 3.05) is 16.8 Å². The number of amides is 1. The lowest BCUT2D eigenvalue weighted by atomic mass is 10.0. The molecule has 1 fully saturated rings. The van der Waals surface area contributed by atoms with Crippen LogP contribution in [-0.4, -0.2) is 28.5 Å². The number of hydrogen-bond donors (Lipinski definition) is 1. The van der Waals surface area contributed by atoms with Crippen LogP contribution in [0, 0.1) is 12.7 Å². The van der Waals surface area contributed by atoms with E-state index >= 15 is 0 Å². The molecule has 0 saturated carbocycles. The molecule has 154 valence electrons. The Bertz CT molecular complexity index is 1030. The molecule has 0 spiro atoms. The molecular weight excluding hydrogens is 379 g/mol. The van der Waals surface area contributed by atoms with Crippen LogP contribution in [0.15, 0.2) is 54.7 Å². The highest BCUT2D eigenvalue weighted by molar-refractivity contribution is 6.07. The number of nitrogens with one attached hydrogen (secondary N) is 1. The lowest BCUT2D eigenvalue weighted by molar-refractivity contribution is 0.102.